The Morgan fingerprint density at radius 3 is 2.36 bits per heavy atom. The molecule has 2 heterocycles. The molecule has 1 aromatic heterocycles. The number of alkyl halides is 3. The number of aliphatic hydroxyl groups is 1. The topological polar surface area (TPSA) is 110 Å². The summed E-state index contributed by atoms with van der Waals surface area (Å²) < 4.78 is 47.5. The summed E-state index contributed by atoms with van der Waals surface area (Å²) >= 11 is 0. The predicted octanol–water partition coefficient (Wildman–Crippen LogP) is 3.41. The van der Waals surface area contributed by atoms with E-state index in [1.807, 2.05) is 0 Å². The maximum Gasteiger partial charge on any atom is 0.573 e. The molecule has 9 nitrogen and oxygen atoms in total. The van der Waals surface area contributed by atoms with Crippen LogP contribution in [-0.4, -0.2) is 54.3 Å². The Balaban J connectivity index is 1.63. The van der Waals surface area contributed by atoms with Gasteiger partial charge in [-0.1, -0.05) is 12.1 Å². The Kier molecular flexibility index (Phi) is 8.15. The van der Waals surface area contributed by atoms with Crippen LogP contribution in [0.2, 0.25) is 0 Å². The zero-order chi connectivity index (χ0) is 28.2. The third-order valence-electron chi connectivity index (χ3n) is 6.23. The number of hydrogen-bond donors (Lipinski definition) is 1. The molecule has 2 amide bonds. The normalized spacial score (nSPS) is 17.6. The number of aromatic nitrogens is 1. The molecule has 2 aromatic carbocycles. The monoisotopic (exact) mass is 543 g/mol. The van der Waals surface area contributed by atoms with Gasteiger partial charge in [-0.05, 0) is 54.1 Å². The quantitative estimate of drug-likeness (QED) is 0.436. The average Bonchev–Trinajstić information content (AvgIpc) is 3.23. The summed E-state index contributed by atoms with van der Waals surface area (Å²) in [6.45, 7) is -0.0762. The molecule has 2 atom stereocenters. The molecule has 0 bridgehead atoms. The van der Waals surface area contributed by atoms with E-state index in [0.29, 0.717) is 5.75 Å². The van der Waals surface area contributed by atoms with Crippen molar-refractivity contribution in [3.05, 3.63) is 88.3 Å². The van der Waals surface area contributed by atoms with Crippen LogP contribution in [0.15, 0.2) is 76.6 Å². The maximum absolute atomic E-state index is 13.5. The van der Waals surface area contributed by atoms with Crippen LogP contribution >= 0.6 is 0 Å². The Morgan fingerprint density at radius 2 is 1.74 bits per heavy atom. The van der Waals surface area contributed by atoms with Crippen molar-refractivity contribution in [2.45, 2.75) is 18.8 Å². The minimum atomic E-state index is -4.87. The summed E-state index contributed by atoms with van der Waals surface area (Å²) in [4.78, 5) is 44.4. The highest BCUT2D eigenvalue weighted by atomic mass is 19.4. The molecule has 1 aliphatic rings. The highest BCUT2D eigenvalue weighted by Gasteiger charge is 2.42. The molecular weight excluding hydrogens is 519 g/mol. The zero-order valence-electron chi connectivity index (χ0n) is 20.7. The lowest BCUT2D eigenvalue weighted by atomic mass is 9.89. The number of carbonyl (C=O) groups is 2. The summed E-state index contributed by atoms with van der Waals surface area (Å²) in [6, 6.07) is 14.4. The van der Waals surface area contributed by atoms with Gasteiger partial charge in [0, 0.05) is 37.0 Å². The lowest BCUT2D eigenvalue weighted by molar-refractivity contribution is -0.274. The molecule has 1 aliphatic heterocycles. The second-order valence-electron chi connectivity index (χ2n) is 8.63. The average molecular weight is 543 g/mol. The number of aliphatic hydroxyl groups excluding tert-OH is 1. The van der Waals surface area contributed by atoms with E-state index in [0.717, 1.165) is 29.8 Å². The maximum atomic E-state index is 13.5. The van der Waals surface area contributed by atoms with Crippen molar-refractivity contribution in [3.63, 3.8) is 0 Å². The van der Waals surface area contributed by atoms with Crippen LogP contribution in [0, 0.1) is 5.92 Å². The fraction of sp³-hybridized carbons (Fsp3) is 0.259. The summed E-state index contributed by atoms with van der Waals surface area (Å²) in [5, 5.41) is 9.25. The molecule has 1 N–H and O–H groups in total. The van der Waals surface area contributed by atoms with Gasteiger partial charge in [0.25, 0.3) is 11.5 Å². The van der Waals surface area contributed by atoms with Crippen LogP contribution < -0.4 is 19.9 Å². The van der Waals surface area contributed by atoms with Gasteiger partial charge in [0.15, 0.2) is 0 Å². The smallest absolute Gasteiger partial charge is 0.497 e. The van der Waals surface area contributed by atoms with E-state index >= 15 is 0 Å². The minimum absolute atomic E-state index is 0.000905. The van der Waals surface area contributed by atoms with Gasteiger partial charge in [-0.25, -0.2) is 4.99 Å². The van der Waals surface area contributed by atoms with Crippen LogP contribution in [0.5, 0.6) is 11.5 Å². The predicted molar refractivity (Wildman–Crippen MR) is 135 cm³/mol. The number of anilines is 1. The molecule has 4 rings (SSSR count). The molecule has 12 heteroatoms. The van der Waals surface area contributed by atoms with E-state index in [2.05, 4.69) is 9.73 Å². The SMILES string of the molecule is COc1ccc([C@@H]2CN(c3cccn(CCO)c3=O)C(=O)C2C=NC(=O)c2ccc(OC(F)(F)F)cc2)cc1. The van der Waals surface area contributed by atoms with Gasteiger partial charge in [-0.15, -0.1) is 13.2 Å². The first-order valence-electron chi connectivity index (χ1n) is 11.8. The first-order valence-corrected chi connectivity index (χ1v) is 11.8. The van der Waals surface area contributed by atoms with Gasteiger partial charge in [-0.3, -0.25) is 14.4 Å². The number of hydrogen-bond acceptors (Lipinski definition) is 6. The van der Waals surface area contributed by atoms with Crippen LogP contribution in [0.3, 0.4) is 0 Å². The van der Waals surface area contributed by atoms with Gasteiger partial charge in [0.2, 0.25) is 5.91 Å². The molecule has 1 fully saturated rings. The fourth-order valence-corrected chi connectivity index (χ4v) is 4.34. The number of pyridine rings is 1. The second-order valence-corrected chi connectivity index (χ2v) is 8.63. The molecule has 3 aromatic rings. The Labute approximate surface area is 220 Å². The largest absolute Gasteiger partial charge is 0.573 e. The van der Waals surface area contributed by atoms with E-state index in [-0.39, 0.29) is 30.9 Å². The van der Waals surface area contributed by atoms with E-state index in [9.17, 15) is 32.7 Å². The number of methoxy groups -OCH3 is 1. The van der Waals surface area contributed by atoms with Crippen LogP contribution in [0.25, 0.3) is 0 Å². The van der Waals surface area contributed by atoms with E-state index in [1.54, 1.807) is 30.3 Å². The molecular formula is C27H24F3N3O6. The minimum Gasteiger partial charge on any atom is -0.497 e. The summed E-state index contributed by atoms with van der Waals surface area (Å²) in [6.07, 6.45) is -2.16. The first-order chi connectivity index (χ1) is 18.6. The van der Waals surface area contributed by atoms with Gasteiger partial charge >= 0.3 is 6.36 Å². The van der Waals surface area contributed by atoms with Crippen LogP contribution in [-0.2, 0) is 11.3 Å². The van der Waals surface area contributed by atoms with Gasteiger partial charge in [-0.2, -0.15) is 0 Å². The molecule has 0 radical (unpaired) electrons. The molecule has 204 valence electrons. The van der Waals surface area contributed by atoms with Crippen molar-refractivity contribution in [1.29, 1.82) is 0 Å². The number of amides is 2. The van der Waals surface area contributed by atoms with E-state index < -0.39 is 41.3 Å². The van der Waals surface area contributed by atoms with E-state index in [4.69, 9.17) is 4.74 Å². The highest BCUT2D eigenvalue weighted by molar-refractivity contribution is 6.09. The lowest BCUT2D eigenvalue weighted by Crippen LogP contribution is -2.34. The van der Waals surface area contributed by atoms with Gasteiger partial charge in [0.05, 0.1) is 19.6 Å². The van der Waals surface area contributed by atoms with Crippen LogP contribution in [0.1, 0.15) is 21.8 Å². The fourth-order valence-electron chi connectivity index (χ4n) is 4.34. The standard InChI is InChI=1S/C27H24F3N3O6/c1-38-19-8-4-17(5-9-19)22-16-33(23-3-2-12-32(13-14-34)26(23)37)25(36)21(22)15-31-24(35)18-6-10-20(11-7-18)39-27(28,29)30/h2-12,15,21-22,34H,13-14,16H2,1H3/t21?,22-/m0/s1. The molecule has 0 spiro atoms. The summed E-state index contributed by atoms with van der Waals surface area (Å²) in [5.74, 6) is -2.50. The second kappa shape index (κ2) is 11.5. The molecule has 1 unspecified atom stereocenters. The van der Waals surface area contributed by atoms with E-state index in [1.165, 1.54) is 35.1 Å². The zero-order valence-corrected chi connectivity index (χ0v) is 20.7. The van der Waals surface area contributed by atoms with Crippen molar-refractivity contribution in [3.8, 4) is 11.5 Å². The van der Waals surface area contributed by atoms with Crippen molar-refractivity contribution >= 4 is 23.7 Å². The Bertz CT molecular complexity index is 1420. The number of nitrogens with zero attached hydrogens (tertiary/aromatic N) is 3. The number of ether oxygens (including phenoxy) is 2. The third kappa shape index (κ3) is 6.34. The summed E-state index contributed by atoms with van der Waals surface area (Å²) in [5.41, 5.74) is 0.412. The van der Waals surface area contributed by atoms with Crippen molar-refractivity contribution in [1.82, 2.24) is 4.57 Å². The van der Waals surface area contributed by atoms with Crippen molar-refractivity contribution in [2.75, 3.05) is 25.2 Å². The number of aliphatic imine (C=N–C) groups is 1. The van der Waals surface area contributed by atoms with Crippen LogP contribution in [0.4, 0.5) is 18.9 Å². The number of carbonyl (C=O) groups excluding carboxylic acids is 2. The van der Waals surface area contributed by atoms with Crippen molar-refractivity contribution in [2.24, 2.45) is 10.9 Å². The van der Waals surface area contributed by atoms with Crippen molar-refractivity contribution < 1.29 is 37.3 Å². The molecule has 39 heavy (non-hydrogen) atoms. The molecule has 1 saturated heterocycles. The third-order valence-corrected chi connectivity index (χ3v) is 6.23. The lowest BCUT2D eigenvalue weighted by Gasteiger charge is -2.17. The van der Waals surface area contributed by atoms with Gasteiger partial charge in [0.1, 0.15) is 17.2 Å². The summed E-state index contributed by atoms with van der Waals surface area (Å²) in [7, 11) is 1.52. The number of rotatable bonds is 8. The number of halogens is 3. The Morgan fingerprint density at radius 1 is 1.08 bits per heavy atom. The Hall–Kier alpha value is -4.45. The highest BCUT2D eigenvalue weighted by Crippen LogP contribution is 2.35. The van der Waals surface area contributed by atoms with Gasteiger partial charge < -0.3 is 24.0 Å². The molecule has 0 aliphatic carbocycles. The first kappa shape index (κ1) is 27.6. The number of benzene rings is 2. The molecule has 0 saturated carbocycles.